The molecule has 0 aromatic heterocycles. The van der Waals surface area contributed by atoms with E-state index in [0.29, 0.717) is 11.8 Å². The standard InChI is InChI=1S/C6H13O/c1-5(2)6(3)4-7/h4-7H,1-3H3. The van der Waals surface area contributed by atoms with Crippen LogP contribution in [0.2, 0.25) is 0 Å². The second kappa shape index (κ2) is 3.03. The lowest BCUT2D eigenvalue weighted by molar-refractivity contribution is 0.284. The van der Waals surface area contributed by atoms with Crippen LogP contribution in [0.5, 0.6) is 0 Å². The first kappa shape index (κ1) is 6.96. The van der Waals surface area contributed by atoms with Gasteiger partial charge >= 0.3 is 0 Å². The summed E-state index contributed by atoms with van der Waals surface area (Å²) in [5, 5.41) is 8.38. The van der Waals surface area contributed by atoms with Crippen molar-refractivity contribution in [3.8, 4) is 0 Å². The molecule has 0 amide bonds. The average molecular weight is 101 g/mol. The molecule has 0 aromatic carbocycles. The van der Waals surface area contributed by atoms with Gasteiger partial charge in [0.05, 0.1) is 6.61 Å². The van der Waals surface area contributed by atoms with E-state index < -0.39 is 0 Å². The minimum atomic E-state index is 0.333. The summed E-state index contributed by atoms with van der Waals surface area (Å²) < 4.78 is 0. The fourth-order valence-electron chi connectivity index (χ4n) is 0.172. The van der Waals surface area contributed by atoms with Gasteiger partial charge in [0.25, 0.3) is 0 Å². The minimum Gasteiger partial charge on any atom is -0.390 e. The van der Waals surface area contributed by atoms with Gasteiger partial charge in [-0.15, -0.1) is 0 Å². The molecule has 1 nitrogen and oxygen atoms in total. The first-order valence-electron chi connectivity index (χ1n) is 2.66. The van der Waals surface area contributed by atoms with E-state index in [4.69, 9.17) is 5.11 Å². The third-order valence-corrected chi connectivity index (χ3v) is 1.29. The van der Waals surface area contributed by atoms with Gasteiger partial charge in [0.2, 0.25) is 0 Å². The zero-order valence-corrected chi connectivity index (χ0v) is 5.18. The SMILES string of the molecule is CC(C)C(C)[CH]O. The molecule has 1 atom stereocenters. The van der Waals surface area contributed by atoms with E-state index >= 15 is 0 Å². The van der Waals surface area contributed by atoms with Gasteiger partial charge in [-0.25, -0.2) is 0 Å². The van der Waals surface area contributed by atoms with Crippen molar-refractivity contribution in [2.45, 2.75) is 20.8 Å². The Bertz CT molecular complexity index is 41.4. The van der Waals surface area contributed by atoms with E-state index in [9.17, 15) is 0 Å². The summed E-state index contributed by atoms with van der Waals surface area (Å²) in [7, 11) is 0. The van der Waals surface area contributed by atoms with Crippen LogP contribution in [0.15, 0.2) is 0 Å². The molecule has 0 fully saturated rings. The van der Waals surface area contributed by atoms with Crippen molar-refractivity contribution in [2.24, 2.45) is 11.8 Å². The van der Waals surface area contributed by atoms with Crippen molar-refractivity contribution in [3.63, 3.8) is 0 Å². The summed E-state index contributed by atoms with van der Waals surface area (Å²) in [4.78, 5) is 0. The molecule has 0 saturated carbocycles. The van der Waals surface area contributed by atoms with Crippen molar-refractivity contribution >= 4 is 0 Å². The molecule has 1 N–H and O–H groups in total. The Morgan fingerprint density at radius 3 is 1.71 bits per heavy atom. The van der Waals surface area contributed by atoms with Crippen LogP contribution in [0.3, 0.4) is 0 Å². The predicted molar refractivity (Wildman–Crippen MR) is 30.2 cm³/mol. The van der Waals surface area contributed by atoms with Crippen LogP contribution in [0.25, 0.3) is 0 Å². The lowest BCUT2D eigenvalue weighted by Crippen LogP contribution is -2.02. The molecule has 0 bridgehead atoms. The molecule has 1 unspecified atom stereocenters. The Balaban J connectivity index is 3.14. The molecule has 0 spiro atoms. The van der Waals surface area contributed by atoms with E-state index in [1.165, 1.54) is 6.61 Å². The van der Waals surface area contributed by atoms with Crippen molar-refractivity contribution in [3.05, 3.63) is 6.61 Å². The Hall–Kier alpha value is -0.0400. The number of aliphatic hydroxyl groups is 1. The summed E-state index contributed by atoms with van der Waals surface area (Å²) in [5.41, 5.74) is 0. The molecular formula is C6H13O. The third-order valence-electron chi connectivity index (χ3n) is 1.29. The molecule has 0 aliphatic heterocycles. The third kappa shape index (κ3) is 2.63. The van der Waals surface area contributed by atoms with E-state index in [2.05, 4.69) is 13.8 Å². The Morgan fingerprint density at radius 1 is 1.29 bits per heavy atom. The van der Waals surface area contributed by atoms with Crippen LogP contribution in [0, 0.1) is 18.4 Å². The normalized spacial score (nSPS) is 15.0. The Kier molecular flexibility index (Phi) is 3.01. The lowest BCUT2D eigenvalue weighted by Gasteiger charge is -2.09. The molecular weight excluding hydrogens is 88.1 g/mol. The lowest BCUT2D eigenvalue weighted by atomic mass is 10.00. The summed E-state index contributed by atoms with van der Waals surface area (Å²) in [5.74, 6) is 0.894. The van der Waals surface area contributed by atoms with Crippen molar-refractivity contribution in [2.75, 3.05) is 0 Å². The van der Waals surface area contributed by atoms with Crippen LogP contribution in [0.1, 0.15) is 20.8 Å². The number of aliphatic hydroxyl groups excluding tert-OH is 1. The summed E-state index contributed by atoms with van der Waals surface area (Å²) >= 11 is 0. The molecule has 0 aromatic rings. The summed E-state index contributed by atoms with van der Waals surface area (Å²) in [6.07, 6.45) is 0. The van der Waals surface area contributed by atoms with Crippen LogP contribution in [0.4, 0.5) is 0 Å². The second-order valence-corrected chi connectivity index (χ2v) is 2.25. The highest BCUT2D eigenvalue weighted by Crippen LogP contribution is 2.09. The maximum absolute atomic E-state index is 8.38. The minimum absolute atomic E-state index is 0.333. The van der Waals surface area contributed by atoms with Gasteiger partial charge in [0, 0.05) is 0 Å². The number of hydrogen-bond donors (Lipinski definition) is 1. The molecule has 1 heteroatoms. The van der Waals surface area contributed by atoms with Crippen molar-refractivity contribution in [1.29, 1.82) is 0 Å². The largest absolute Gasteiger partial charge is 0.390 e. The highest BCUT2D eigenvalue weighted by molar-refractivity contribution is 4.62. The van der Waals surface area contributed by atoms with Gasteiger partial charge < -0.3 is 5.11 Å². The van der Waals surface area contributed by atoms with Crippen LogP contribution < -0.4 is 0 Å². The van der Waals surface area contributed by atoms with E-state index in [1.807, 2.05) is 6.92 Å². The van der Waals surface area contributed by atoms with Crippen LogP contribution in [-0.4, -0.2) is 5.11 Å². The molecule has 7 heavy (non-hydrogen) atoms. The quantitative estimate of drug-likeness (QED) is 0.562. The molecule has 1 radical (unpaired) electrons. The first-order chi connectivity index (χ1) is 3.18. The van der Waals surface area contributed by atoms with Gasteiger partial charge in [0.1, 0.15) is 0 Å². The molecule has 43 valence electrons. The highest BCUT2D eigenvalue weighted by Gasteiger charge is 2.03. The van der Waals surface area contributed by atoms with E-state index in [0.717, 1.165) is 0 Å². The van der Waals surface area contributed by atoms with Gasteiger partial charge in [-0.05, 0) is 11.8 Å². The van der Waals surface area contributed by atoms with Crippen molar-refractivity contribution in [1.82, 2.24) is 0 Å². The van der Waals surface area contributed by atoms with E-state index in [1.54, 1.807) is 0 Å². The average Bonchev–Trinajstić information content (AvgIpc) is 1.65. The number of rotatable bonds is 2. The van der Waals surface area contributed by atoms with Crippen LogP contribution in [-0.2, 0) is 0 Å². The van der Waals surface area contributed by atoms with Gasteiger partial charge in [-0.1, -0.05) is 20.8 Å². The maximum Gasteiger partial charge on any atom is 0.0829 e. The zero-order valence-electron chi connectivity index (χ0n) is 5.18. The Labute approximate surface area is 45.4 Å². The van der Waals surface area contributed by atoms with Gasteiger partial charge in [-0.3, -0.25) is 0 Å². The first-order valence-corrected chi connectivity index (χ1v) is 2.66. The Morgan fingerprint density at radius 2 is 1.71 bits per heavy atom. The van der Waals surface area contributed by atoms with Gasteiger partial charge in [-0.2, -0.15) is 0 Å². The predicted octanol–water partition coefficient (Wildman–Crippen LogP) is 1.81. The highest BCUT2D eigenvalue weighted by atomic mass is 16.3. The fourth-order valence-corrected chi connectivity index (χ4v) is 0.172. The van der Waals surface area contributed by atoms with Gasteiger partial charge in [0.15, 0.2) is 0 Å². The molecule has 0 heterocycles. The number of hydrogen-bond acceptors (Lipinski definition) is 1. The monoisotopic (exact) mass is 101 g/mol. The summed E-state index contributed by atoms with van der Waals surface area (Å²) in [6.45, 7) is 7.39. The molecule has 0 saturated heterocycles. The maximum atomic E-state index is 8.38. The second-order valence-electron chi connectivity index (χ2n) is 2.25. The smallest absolute Gasteiger partial charge is 0.0829 e. The van der Waals surface area contributed by atoms with E-state index in [-0.39, 0.29) is 0 Å². The van der Waals surface area contributed by atoms with Crippen LogP contribution >= 0.6 is 0 Å². The zero-order chi connectivity index (χ0) is 5.86. The molecule has 0 aliphatic rings. The summed E-state index contributed by atoms with van der Waals surface area (Å²) in [6, 6.07) is 0. The van der Waals surface area contributed by atoms with Crippen molar-refractivity contribution < 1.29 is 5.11 Å². The molecule has 0 rings (SSSR count). The topological polar surface area (TPSA) is 20.2 Å². The molecule has 0 aliphatic carbocycles. The fraction of sp³-hybridized carbons (Fsp3) is 0.833.